The van der Waals surface area contributed by atoms with Gasteiger partial charge in [-0.3, -0.25) is 4.79 Å². The molecule has 0 saturated heterocycles. The molecular formula is C15H18ClFN2O2. The van der Waals surface area contributed by atoms with Crippen LogP contribution in [0.25, 0.3) is 0 Å². The van der Waals surface area contributed by atoms with Crippen LogP contribution in [-0.2, 0) is 13.0 Å². The van der Waals surface area contributed by atoms with Gasteiger partial charge in [-0.25, -0.2) is 4.39 Å². The zero-order valence-electron chi connectivity index (χ0n) is 11.6. The van der Waals surface area contributed by atoms with E-state index in [4.69, 9.17) is 10.2 Å². The molecule has 21 heavy (non-hydrogen) atoms. The summed E-state index contributed by atoms with van der Waals surface area (Å²) in [4.78, 5) is 12.0. The Morgan fingerprint density at radius 2 is 2.14 bits per heavy atom. The summed E-state index contributed by atoms with van der Waals surface area (Å²) in [6, 6.07) is 7.95. The van der Waals surface area contributed by atoms with Crippen LogP contribution in [0.3, 0.4) is 0 Å². The van der Waals surface area contributed by atoms with Crippen molar-refractivity contribution in [2.75, 3.05) is 0 Å². The van der Waals surface area contributed by atoms with Crippen LogP contribution >= 0.6 is 12.4 Å². The van der Waals surface area contributed by atoms with Crippen molar-refractivity contribution in [2.45, 2.75) is 25.9 Å². The number of nitrogens with two attached hydrogens (primary N) is 1. The predicted octanol–water partition coefficient (Wildman–Crippen LogP) is 2.66. The second kappa shape index (κ2) is 7.81. The van der Waals surface area contributed by atoms with Gasteiger partial charge in [0.1, 0.15) is 17.8 Å². The molecule has 0 fully saturated rings. The van der Waals surface area contributed by atoms with Gasteiger partial charge in [0, 0.05) is 6.04 Å². The Morgan fingerprint density at radius 1 is 1.43 bits per heavy atom. The third kappa shape index (κ3) is 4.58. The van der Waals surface area contributed by atoms with Crippen LogP contribution < -0.4 is 11.1 Å². The summed E-state index contributed by atoms with van der Waals surface area (Å²) in [6.45, 7) is 2.08. The lowest BCUT2D eigenvalue weighted by molar-refractivity contribution is 0.0939. The van der Waals surface area contributed by atoms with Crippen molar-refractivity contribution < 1.29 is 13.6 Å². The minimum absolute atomic E-state index is 0. The van der Waals surface area contributed by atoms with Gasteiger partial charge in [-0.05, 0) is 31.0 Å². The number of benzene rings is 1. The number of halogens is 2. The van der Waals surface area contributed by atoms with Crippen molar-refractivity contribution in [3.8, 4) is 0 Å². The number of hydrogen-bond donors (Lipinski definition) is 2. The first kappa shape index (κ1) is 17.2. The van der Waals surface area contributed by atoms with Gasteiger partial charge in [0.2, 0.25) is 0 Å². The highest BCUT2D eigenvalue weighted by atomic mass is 35.5. The molecule has 0 spiro atoms. The first-order chi connectivity index (χ1) is 9.60. The quantitative estimate of drug-likeness (QED) is 0.892. The fourth-order valence-electron chi connectivity index (χ4n) is 1.96. The maximum absolute atomic E-state index is 13.5. The Balaban J connectivity index is 0.00000220. The lowest BCUT2D eigenvalue weighted by Gasteiger charge is -2.13. The van der Waals surface area contributed by atoms with Crippen molar-refractivity contribution in [3.05, 3.63) is 59.3 Å². The molecule has 0 saturated carbocycles. The van der Waals surface area contributed by atoms with Crippen LogP contribution in [0.5, 0.6) is 0 Å². The second-order valence-electron chi connectivity index (χ2n) is 4.68. The van der Waals surface area contributed by atoms with Crippen LogP contribution in [-0.4, -0.2) is 11.9 Å². The molecule has 6 heteroatoms. The Hall–Kier alpha value is -1.85. The highest BCUT2D eigenvalue weighted by molar-refractivity contribution is 5.94. The lowest BCUT2D eigenvalue weighted by Crippen LogP contribution is -2.34. The average Bonchev–Trinajstić information content (AvgIpc) is 2.90. The van der Waals surface area contributed by atoms with Crippen molar-refractivity contribution in [1.29, 1.82) is 0 Å². The van der Waals surface area contributed by atoms with Gasteiger partial charge in [0.05, 0.1) is 12.1 Å². The molecule has 0 aliphatic rings. The van der Waals surface area contributed by atoms with Gasteiger partial charge in [0.15, 0.2) is 0 Å². The Morgan fingerprint density at radius 3 is 2.76 bits per heavy atom. The maximum Gasteiger partial charge on any atom is 0.254 e. The molecule has 1 aromatic heterocycles. The van der Waals surface area contributed by atoms with E-state index >= 15 is 0 Å². The molecule has 0 bridgehead atoms. The van der Waals surface area contributed by atoms with Crippen LogP contribution in [0.15, 0.2) is 41.0 Å². The SMILES string of the molecule is CC(Cc1ccccc1F)NC(=O)c1coc(CN)c1.Cl. The van der Waals surface area contributed by atoms with Gasteiger partial charge >= 0.3 is 0 Å². The summed E-state index contributed by atoms with van der Waals surface area (Å²) in [5.74, 6) is 0.0384. The van der Waals surface area contributed by atoms with E-state index in [-0.39, 0.29) is 36.7 Å². The van der Waals surface area contributed by atoms with E-state index in [9.17, 15) is 9.18 Å². The number of rotatable bonds is 5. The topological polar surface area (TPSA) is 68.3 Å². The zero-order chi connectivity index (χ0) is 14.5. The summed E-state index contributed by atoms with van der Waals surface area (Å²) in [7, 11) is 0. The zero-order valence-corrected chi connectivity index (χ0v) is 12.5. The fourth-order valence-corrected chi connectivity index (χ4v) is 1.96. The summed E-state index contributed by atoms with van der Waals surface area (Å²) in [6.07, 6.45) is 1.80. The Bertz CT molecular complexity index is 601. The van der Waals surface area contributed by atoms with Crippen LogP contribution in [0.4, 0.5) is 4.39 Å². The number of carbonyl (C=O) groups excluding carboxylic acids is 1. The van der Waals surface area contributed by atoms with Crippen molar-refractivity contribution in [1.82, 2.24) is 5.32 Å². The minimum atomic E-state index is -0.262. The van der Waals surface area contributed by atoms with Crippen LogP contribution in [0.2, 0.25) is 0 Å². The second-order valence-corrected chi connectivity index (χ2v) is 4.68. The molecule has 114 valence electrons. The monoisotopic (exact) mass is 312 g/mol. The molecule has 3 N–H and O–H groups in total. The molecule has 1 unspecified atom stereocenters. The fraction of sp³-hybridized carbons (Fsp3) is 0.267. The first-order valence-electron chi connectivity index (χ1n) is 6.42. The minimum Gasteiger partial charge on any atom is -0.467 e. The van der Waals surface area contributed by atoms with E-state index < -0.39 is 0 Å². The number of hydrogen-bond acceptors (Lipinski definition) is 3. The van der Waals surface area contributed by atoms with Gasteiger partial charge in [0.25, 0.3) is 5.91 Å². The molecule has 0 radical (unpaired) electrons. The molecule has 0 aliphatic carbocycles. The predicted molar refractivity (Wildman–Crippen MR) is 80.9 cm³/mol. The molecular weight excluding hydrogens is 295 g/mol. The number of nitrogens with one attached hydrogen (secondary N) is 1. The highest BCUT2D eigenvalue weighted by Crippen LogP contribution is 2.11. The summed E-state index contributed by atoms with van der Waals surface area (Å²) < 4.78 is 18.6. The number of carbonyl (C=O) groups is 1. The molecule has 1 aromatic carbocycles. The molecule has 2 aromatic rings. The van der Waals surface area contributed by atoms with Gasteiger partial charge < -0.3 is 15.5 Å². The van der Waals surface area contributed by atoms with Gasteiger partial charge in [-0.2, -0.15) is 0 Å². The molecule has 2 rings (SSSR count). The standard InChI is InChI=1S/C15H17FN2O2.ClH/c1-10(6-11-4-2-3-5-14(11)16)18-15(19)12-7-13(8-17)20-9-12;/h2-5,7,9-10H,6,8,17H2,1H3,(H,18,19);1H. The third-order valence-electron chi connectivity index (χ3n) is 2.98. The van der Waals surface area contributed by atoms with Crippen molar-refractivity contribution in [3.63, 3.8) is 0 Å². The number of amides is 1. The smallest absolute Gasteiger partial charge is 0.254 e. The molecule has 1 amide bonds. The van der Waals surface area contributed by atoms with E-state index in [0.717, 1.165) is 0 Å². The largest absolute Gasteiger partial charge is 0.467 e. The van der Waals surface area contributed by atoms with Crippen molar-refractivity contribution in [2.24, 2.45) is 5.73 Å². The maximum atomic E-state index is 13.5. The van der Waals surface area contributed by atoms with Gasteiger partial charge in [-0.1, -0.05) is 18.2 Å². The van der Waals surface area contributed by atoms with Gasteiger partial charge in [-0.15, -0.1) is 12.4 Å². The van der Waals surface area contributed by atoms with Crippen molar-refractivity contribution >= 4 is 18.3 Å². The highest BCUT2D eigenvalue weighted by Gasteiger charge is 2.14. The number of furan rings is 1. The van der Waals surface area contributed by atoms with E-state index in [2.05, 4.69) is 5.32 Å². The van der Waals surface area contributed by atoms with E-state index in [0.29, 0.717) is 23.3 Å². The normalized spacial score (nSPS) is 11.6. The van der Waals surface area contributed by atoms with E-state index in [1.54, 1.807) is 24.3 Å². The molecule has 1 atom stereocenters. The summed E-state index contributed by atoms with van der Waals surface area (Å²) >= 11 is 0. The lowest BCUT2D eigenvalue weighted by atomic mass is 10.1. The van der Waals surface area contributed by atoms with E-state index in [1.807, 2.05) is 6.92 Å². The van der Waals surface area contributed by atoms with E-state index in [1.165, 1.54) is 12.3 Å². The molecule has 0 aliphatic heterocycles. The summed E-state index contributed by atoms with van der Waals surface area (Å²) in [5.41, 5.74) is 6.42. The summed E-state index contributed by atoms with van der Waals surface area (Å²) in [5, 5.41) is 2.80. The van der Waals surface area contributed by atoms with Crippen LogP contribution in [0.1, 0.15) is 28.6 Å². The molecule has 1 heterocycles. The average molecular weight is 313 g/mol. The molecule has 4 nitrogen and oxygen atoms in total. The van der Waals surface area contributed by atoms with Crippen LogP contribution in [0, 0.1) is 5.82 Å². The first-order valence-corrected chi connectivity index (χ1v) is 6.42. The Kier molecular flexibility index (Phi) is 6.39. The Labute approximate surface area is 128 Å². The third-order valence-corrected chi connectivity index (χ3v) is 2.98.